The highest BCUT2D eigenvalue weighted by Crippen LogP contribution is 2.39. The maximum absolute atomic E-state index is 15.4. The number of aliphatic imine (C=N–C) groups is 1. The van der Waals surface area contributed by atoms with Crippen LogP contribution in [0.4, 0.5) is 34.9 Å². The Morgan fingerprint density at radius 1 is 1.27 bits per heavy atom. The van der Waals surface area contributed by atoms with Gasteiger partial charge < -0.3 is 20.1 Å². The largest absolute Gasteiger partial charge is 0.479 e. The summed E-state index contributed by atoms with van der Waals surface area (Å²) in [5.74, 6) is -0.281. The molecule has 2 N–H and O–H groups in total. The van der Waals surface area contributed by atoms with E-state index >= 15 is 8.78 Å². The van der Waals surface area contributed by atoms with Gasteiger partial charge in [-0.1, -0.05) is 6.07 Å². The molecule has 0 saturated carbocycles. The standard InChI is InChI=1S/C27H31F4N7O2/c1-14-19(5-6-23(30)31)33-22-9-15(3-4-21(22)32-14)24-18(29)11-38-25(24)26(39-2)35-27(36-38)34-20-7-8-37(10-17(20)28)16-12-40-13-16/h3-4,9,11,16-17,19-20,23,33H,5-8,10,12-13H2,1-2H3,(H,34,36)/t17-,19+,20+/m1/s1. The third-order valence-corrected chi connectivity index (χ3v) is 7.86. The molecule has 1 aromatic carbocycles. The first-order chi connectivity index (χ1) is 19.3. The van der Waals surface area contributed by atoms with E-state index in [1.54, 1.807) is 25.1 Å². The molecular formula is C27H31F4N7O2. The van der Waals surface area contributed by atoms with E-state index in [4.69, 9.17) is 9.47 Å². The van der Waals surface area contributed by atoms with Gasteiger partial charge in [0.15, 0.2) is 5.82 Å². The number of fused-ring (bicyclic) bond motifs is 2. The average Bonchev–Trinajstić information content (AvgIpc) is 3.22. The van der Waals surface area contributed by atoms with Crippen molar-refractivity contribution in [3.8, 4) is 17.0 Å². The van der Waals surface area contributed by atoms with Crippen LogP contribution in [-0.4, -0.2) is 89.3 Å². The second-order valence-electron chi connectivity index (χ2n) is 10.5. The van der Waals surface area contributed by atoms with Crippen LogP contribution in [0, 0.1) is 5.82 Å². The second kappa shape index (κ2) is 10.8. The van der Waals surface area contributed by atoms with Crippen molar-refractivity contribution in [1.29, 1.82) is 0 Å². The third kappa shape index (κ3) is 5.07. The Kier molecular flexibility index (Phi) is 7.26. The Morgan fingerprint density at radius 3 is 2.80 bits per heavy atom. The molecule has 6 rings (SSSR count). The van der Waals surface area contributed by atoms with E-state index in [-0.39, 0.29) is 42.3 Å². The molecule has 0 aliphatic carbocycles. The van der Waals surface area contributed by atoms with Gasteiger partial charge in [-0.25, -0.2) is 22.1 Å². The number of aromatic nitrogens is 3. The highest BCUT2D eigenvalue weighted by molar-refractivity contribution is 5.98. The van der Waals surface area contributed by atoms with E-state index in [1.165, 1.54) is 17.8 Å². The summed E-state index contributed by atoms with van der Waals surface area (Å²) in [6, 6.07) is 4.65. The van der Waals surface area contributed by atoms with Crippen LogP contribution >= 0.6 is 0 Å². The van der Waals surface area contributed by atoms with Gasteiger partial charge in [-0.05, 0) is 37.5 Å². The fraction of sp³-hybridized carbons (Fsp3) is 0.519. The summed E-state index contributed by atoms with van der Waals surface area (Å²) in [6.45, 7) is 4.09. The van der Waals surface area contributed by atoms with Crippen LogP contribution in [0.15, 0.2) is 29.4 Å². The lowest BCUT2D eigenvalue weighted by Crippen LogP contribution is -2.57. The zero-order valence-corrected chi connectivity index (χ0v) is 22.2. The van der Waals surface area contributed by atoms with Gasteiger partial charge >= 0.3 is 0 Å². The van der Waals surface area contributed by atoms with Crippen molar-refractivity contribution in [2.75, 3.05) is 44.0 Å². The molecule has 3 aliphatic heterocycles. The van der Waals surface area contributed by atoms with Gasteiger partial charge in [-0.15, -0.1) is 5.10 Å². The summed E-state index contributed by atoms with van der Waals surface area (Å²) in [4.78, 5) is 11.1. The number of alkyl halides is 3. The molecule has 9 nitrogen and oxygen atoms in total. The molecule has 214 valence electrons. The number of nitrogens with zero attached hydrogens (tertiary/aromatic N) is 5. The van der Waals surface area contributed by atoms with Crippen molar-refractivity contribution in [2.24, 2.45) is 4.99 Å². The molecule has 0 unspecified atom stereocenters. The molecular weight excluding hydrogens is 530 g/mol. The number of anilines is 2. The van der Waals surface area contributed by atoms with Gasteiger partial charge in [0.2, 0.25) is 18.3 Å². The number of hydrogen-bond donors (Lipinski definition) is 2. The molecule has 0 spiro atoms. The number of rotatable bonds is 8. The monoisotopic (exact) mass is 561 g/mol. The molecule has 3 atom stereocenters. The normalized spacial score (nSPS) is 23.5. The van der Waals surface area contributed by atoms with E-state index in [9.17, 15) is 8.78 Å². The molecule has 5 heterocycles. The Hall–Kier alpha value is -3.45. The van der Waals surface area contributed by atoms with Crippen molar-refractivity contribution >= 4 is 28.6 Å². The molecule has 0 bridgehead atoms. The fourth-order valence-electron chi connectivity index (χ4n) is 5.56. The first-order valence-electron chi connectivity index (χ1n) is 13.4. The number of hydrogen-bond acceptors (Lipinski definition) is 8. The van der Waals surface area contributed by atoms with Crippen LogP contribution in [0.1, 0.15) is 26.2 Å². The van der Waals surface area contributed by atoms with Crippen LogP contribution in [0.25, 0.3) is 16.6 Å². The lowest BCUT2D eigenvalue weighted by Gasteiger charge is -2.42. The molecule has 2 fully saturated rings. The summed E-state index contributed by atoms with van der Waals surface area (Å²) in [7, 11) is 1.43. The second-order valence-corrected chi connectivity index (χ2v) is 10.5. The molecule has 2 saturated heterocycles. The first kappa shape index (κ1) is 26.8. The number of ether oxygens (including phenoxy) is 2. The number of benzene rings is 1. The number of halogens is 4. The summed E-state index contributed by atoms with van der Waals surface area (Å²) >= 11 is 0. The lowest BCUT2D eigenvalue weighted by molar-refractivity contribution is -0.0794. The maximum Gasteiger partial charge on any atom is 0.244 e. The van der Waals surface area contributed by atoms with Gasteiger partial charge in [0.1, 0.15) is 11.7 Å². The molecule has 3 aliphatic rings. The van der Waals surface area contributed by atoms with Crippen molar-refractivity contribution in [2.45, 2.75) is 56.9 Å². The summed E-state index contributed by atoms with van der Waals surface area (Å²) < 4.78 is 68.1. The molecule has 0 radical (unpaired) electrons. The van der Waals surface area contributed by atoms with E-state index in [2.05, 4.69) is 30.6 Å². The average molecular weight is 562 g/mol. The van der Waals surface area contributed by atoms with Crippen molar-refractivity contribution in [1.82, 2.24) is 19.5 Å². The Labute approximate surface area is 228 Å². The molecule has 40 heavy (non-hydrogen) atoms. The van der Waals surface area contributed by atoms with Crippen molar-refractivity contribution in [3.63, 3.8) is 0 Å². The SMILES string of the molecule is COc1nc(N[C@H]2CCN(C3COC3)C[C@H]2F)nn2cc(F)c(-c3ccc4c(c3)N[C@@H](CCC(F)F)C(C)=N4)c12. The topological polar surface area (TPSA) is 88.3 Å². The zero-order chi connectivity index (χ0) is 28.0. The minimum absolute atomic E-state index is 0.130. The predicted octanol–water partition coefficient (Wildman–Crippen LogP) is 4.70. The minimum atomic E-state index is -2.40. The van der Waals surface area contributed by atoms with Gasteiger partial charge in [0.25, 0.3) is 0 Å². The smallest absolute Gasteiger partial charge is 0.244 e. The van der Waals surface area contributed by atoms with Gasteiger partial charge in [0, 0.05) is 25.2 Å². The van der Waals surface area contributed by atoms with E-state index < -0.39 is 24.5 Å². The number of likely N-dealkylation sites (tertiary alicyclic amines) is 1. The van der Waals surface area contributed by atoms with Crippen molar-refractivity contribution < 1.29 is 27.0 Å². The third-order valence-electron chi connectivity index (χ3n) is 7.86. The highest BCUT2D eigenvalue weighted by atomic mass is 19.3. The molecule has 13 heteroatoms. The van der Waals surface area contributed by atoms with Gasteiger partial charge in [-0.2, -0.15) is 4.98 Å². The predicted molar refractivity (Wildman–Crippen MR) is 143 cm³/mol. The van der Waals surface area contributed by atoms with Crippen LogP contribution in [0.5, 0.6) is 5.88 Å². The van der Waals surface area contributed by atoms with Crippen LogP contribution in [0.2, 0.25) is 0 Å². The number of methoxy groups -OCH3 is 1. The number of piperidine rings is 1. The van der Waals surface area contributed by atoms with Gasteiger partial charge in [0.05, 0.1) is 61.6 Å². The Morgan fingerprint density at radius 2 is 2.10 bits per heavy atom. The number of nitrogens with one attached hydrogen (secondary N) is 2. The van der Waals surface area contributed by atoms with E-state index in [0.717, 1.165) is 12.3 Å². The zero-order valence-electron chi connectivity index (χ0n) is 22.2. The summed E-state index contributed by atoms with van der Waals surface area (Å²) in [5, 5.41) is 10.8. The highest BCUT2D eigenvalue weighted by Gasteiger charge is 2.36. The quantitative estimate of drug-likeness (QED) is 0.386. The summed E-state index contributed by atoms with van der Waals surface area (Å²) in [5.41, 5.74) is 3.04. The Bertz CT molecular complexity index is 1430. The first-order valence-corrected chi connectivity index (χ1v) is 13.4. The van der Waals surface area contributed by atoms with E-state index in [0.29, 0.717) is 48.6 Å². The maximum atomic E-state index is 15.4. The molecule has 3 aromatic rings. The van der Waals surface area contributed by atoms with Crippen LogP contribution in [-0.2, 0) is 4.74 Å². The lowest BCUT2D eigenvalue weighted by atomic mass is 10.0. The van der Waals surface area contributed by atoms with E-state index in [1.807, 2.05) is 0 Å². The Balaban J connectivity index is 1.27. The van der Waals surface area contributed by atoms with Crippen LogP contribution < -0.4 is 15.4 Å². The molecule has 2 aromatic heterocycles. The van der Waals surface area contributed by atoms with Gasteiger partial charge in [-0.3, -0.25) is 9.89 Å². The van der Waals surface area contributed by atoms with Crippen LogP contribution in [0.3, 0.4) is 0 Å². The molecule has 0 amide bonds. The fourth-order valence-corrected chi connectivity index (χ4v) is 5.56. The van der Waals surface area contributed by atoms with Crippen molar-refractivity contribution in [3.05, 3.63) is 30.2 Å². The minimum Gasteiger partial charge on any atom is -0.479 e. The summed E-state index contributed by atoms with van der Waals surface area (Å²) in [6.07, 6.45) is -1.76.